The van der Waals surface area contributed by atoms with Gasteiger partial charge in [0.1, 0.15) is 11.6 Å². The summed E-state index contributed by atoms with van der Waals surface area (Å²) in [7, 11) is 0. The monoisotopic (exact) mass is 458 g/mol. The fraction of sp³-hybridized carbons (Fsp3) is 0.357. The lowest BCUT2D eigenvalue weighted by Crippen LogP contribution is -2.46. The van der Waals surface area contributed by atoms with Gasteiger partial charge in [-0.25, -0.2) is 4.98 Å². The van der Waals surface area contributed by atoms with Gasteiger partial charge >= 0.3 is 0 Å². The van der Waals surface area contributed by atoms with Crippen LogP contribution >= 0.6 is 0 Å². The lowest BCUT2D eigenvalue weighted by atomic mass is 10.1. The van der Waals surface area contributed by atoms with Gasteiger partial charge in [-0.15, -0.1) is 0 Å². The SMILES string of the molecule is CCN1CCN(c2cc(C)c3cc(NC(=O)C=Cc4ccc(OC(C)C)cc4)ccc3n2)CC1. The highest BCUT2D eigenvalue weighted by Crippen LogP contribution is 2.26. The molecule has 1 aromatic heterocycles. The van der Waals surface area contributed by atoms with Crippen LogP contribution in [0.25, 0.3) is 17.0 Å². The van der Waals surface area contributed by atoms with E-state index in [2.05, 4.69) is 35.0 Å². The summed E-state index contributed by atoms with van der Waals surface area (Å²) in [5.41, 5.74) is 3.81. The molecule has 1 amide bonds. The summed E-state index contributed by atoms with van der Waals surface area (Å²) in [4.78, 5) is 22.2. The van der Waals surface area contributed by atoms with E-state index in [0.717, 1.165) is 72.0 Å². The Labute approximate surface area is 202 Å². The molecule has 34 heavy (non-hydrogen) atoms. The topological polar surface area (TPSA) is 57.7 Å². The third-order valence-electron chi connectivity index (χ3n) is 6.09. The van der Waals surface area contributed by atoms with E-state index < -0.39 is 0 Å². The van der Waals surface area contributed by atoms with E-state index >= 15 is 0 Å². The van der Waals surface area contributed by atoms with Gasteiger partial charge in [-0.1, -0.05) is 19.1 Å². The van der Waals surface area contributed by atoms with Gasteiger partial charge in [0.05, 0.1) is 11.6 Å². The van der Waals surface area contributed by atoms with Crippen molar-refractivity contribution in [3.05, 3.63) is 65.7 Å². The highest BCUT2D eigenvalue weighted by molar-refractivity contribution is 6.03. The lowest BCUT2D eigenvalue weighted by molar-refractivity contribution is -0.111. The van der Waals surface area contributed by atoms with Crippen molar-refractivity contribution in [3.63, 3.8) is 0 Å². The molecule has 0 aliphatic carbocycles. The maximum absolute atomic E-state index is 12.5. The number of aryl methyl sites for hydroxylation is 1. The summed E-state index contributed by atoms with van der Waals surface area (Å²) < 4.78 is 5.66. The van der Waals surface area contributed by atoms with Gasteiger partial charge in [-0.2, -0.15) is 0 Å². The van der Waals surface area contributed by atoms with Crippen molar-refractivity contribution in [2.45, 2.75) is 33.8 Å². The number of pyridine rings is 1. The van der Waals surface area contributed by atoms with Crippen LogP contribution < -0.4 is 15.0 Å². The zero-order valence-corrected chi connectivity index (χ0v) is 20.5. The molecule has 3 aromatic rings. The first-order valence-electron chi connectivity index (χ1n) is 12.1. The standard InChI is InChI=1S/C28H34N4O2/c1-5-31-14-16-32(17-15-31)27-18-21(4)25-19-23(9-12-26(25)30-27)29-28(33)13-8-22-6-10-24(11-7-22)34-20(2)3/h6-13,18-20H,5,14-17H2,1-4H3,(H,29,33). The van der Waals surface area contributed by atoms with Gasteiger partial charge in [0.2, 0.25) is 5.91 Å². The minimum absolute atomic E-state index is 0.135. The number of benzene rings is 2. The number of hydrogen-bond donors (Lipinski definition) is 1. The molecule has 0 saturated carbocycles. The minimum atomic E-state index is -0.169. The van der Waals surface area contributed by atoms with Crippen LogP contribution in [0.2, 0.25) is 0 Å². The van der Waals surface area contributed by atoms with Crippen LogP contribution in [0.15, 0.2) is 54.6 Å². The van der Waals surface area contributed by atoms with Crippen molar-refractivity contribution in [3.8, 4) is 5.75 Å². The van der Waals surface area contributed by atoms with Crippen molar-refractivity contribution < 1.29 is 9.53 Å². The van der Waals surface area contributed by atoms with Crippen molar-refractivity contribution >= 4 is 34.4 Å². The summed E-state index contributed by atoms with van der Waals surface area (Å²) in [5.74, 6) is 1.69. The molecule has 0 atom stereocenters. The van der Waals surface area contributed by atoms with Gasteiger partial charge in [0.15, 0.2) is 0 Å². The van der Waals surface area contributed by atoms with Gasteiger partial charge in [0, 0.05) is 43.3 Å². The molecule has 1 aliphatic heterocycles. The summed E-state index contributed by atoms with van der Waals surface area (Å²) in [6.07, 6.45) is 3.48. The molecule has 1 N–H and O–H groups in total. The maximum atomic E-state index is 12.5. The summed E-state index contributed by atoms with van der Waals surface area (Å²) >= 11 is 0. The number of anilines is 2. The Morgan fingerprint density at radius 2 is 1.82 bits per heavy atom. The van der Waals surface area contributed by atoms with E-state index in [1.165, 1.54) is 0 Å². The van der Waals surface area contributed by atoms with Crippen LogP contribution in [0.5, 0.6) is 5.75 Å². The fourth-order valence-corrected chi connectivity index (χ4v) is 4.19. The number of ether oxygens (including phenoxy) is 1. The highest BCUT2D eigenvalue weighted by Gasteiger charge is 2.17. The number of aromatic nitrogens is 1. The maximum Gasteiger partial charge on any atom is 0.248 e. The molecule has 0 spiro atoms. The number of piperazine rings is 1. The van der Waals surface area contributed by atoms with Crippen LogP contribution in [-0.4, -0.2) is 54.6 Å². The van der Waals surface area contributed by atoms with Gasteiger partial charge in [-0.05, 0) is 80.9 Å². The average molecular weight is 459 g/mol. The van der Waals surface area contributed by atoms with Gasteiger partial charge in [-0.3, -0.25) is 4.79 Å². The fourth-order valence-electron chi connectivity index (χ4n) is 4.19. The zero-order valence-electron chi connectivity index (χ0n) is 20.5. The van der Waals surface area contributed by atoms with Crippen LogP contribution in [0, 0.1) is 6.92 Å². The molecule has 1 aliphatic rings. The third kappa shape index (κ3) is 5.94. The number of carbonyl (C=O) groups excluding carboxylic acids is 1. The van der Waals surface area contributed by atoms with Crippen molar-refractivity contribution in [1.82, 2.24) is 9.88 Å². The predicted molar refractivity (Wildman–Crippen MR) is 141 cm³/mol. The predicted octanol–water partition coefficient (Wildman–Crippen LogP) is 5.12. The van der Waals surface area contributed by atoms with Crippen LogP contribution in [0.4, 0.5) is 11.5 Å². The highest BCUT2D eigenvalue weighted by atomic mass is 16.5. The zero-order chi connectivity index (χ0) is 24.1. The number of rotatable bonds is 7. The second-order valence-corrected chi connectivity index (χ2v) is 9.01. The van der Waals surface area contributed by atoms with E-state index in [9.17, 15) is 4.79 Å². The molecule has 1 fully saturated rings. The number of likely N-dealkylation sites (N-methyl/N-ethyl adjacent to an activating group) is 1. The summed E-state index contributed by atoms with van der Waals surface area (Å²) in [6, 6.07) is 15.8. The first-order chi connectivity index (χ1) is 16.4. The van der Waals surface area contributed by atoms with Gasteiger partial charge in [0.25, 0.3) is 0 Å². The molecule has 0 radical (unpaired) electrons. The molecule has 6 heteroatoms. The quantitative estimate of drug-likeness (QED) is 0.498. The third-order valence-corrected chi connectivity index (χ3v) is 6.09. The van der Waals surface area contributed by atoms with E-state index in [0.29, 0.717) is 0 Å². The molecule has 1 saturated heterocycles. The number of hydrogen-bond acceptors (Lipinski definition) is 5. The van der Waals surface area contributed by atoms with E-state index in [1.807, 2.05) is 56.3 Å². The Bertz CT molecular complexity index is 1160. The largest absolute Gasteiger partial charge is 0.491 e. The van der Waals surface area contributed by atoms with Crippen molar-refractivity contribution in [2.24, 2.45) is 0 Å². The Balaban J connectivity index is 1.42. The number of fused-ring (bicyclic) bond motifs is 1. The van der Waals surface area contributed by atoms with E-state index in [-0.39, 0.29) is 12.0 Å². The van der Waals surface area contributed by atoms with Crippen LogP contribution in [0.3, 0.4) is 0 Å². The molecule has 0 unspecified atom stereocenters. The average Bonchev–Trinajstić information content (AvgIpc) is 2.83. The lowest BCUT2D eigenvalue weighted by Gasteiger charge is -2.35. The Kier molecular flexibility index (Phi) is 7.48. The van der Waals surface area contributed by atoms with Crippen LogP contribution in [-0.2, 0) is 4.79 Å². The normalized spacial score (nSPS) is 14.8. The molecule has 178 valence electrons. The molecule has 0 bridgehead atoms. The molecule has 6 nitrogen and oxygen atoms in total. The molecule has 2 heterocycles. The Hall–Kier alpha value is -3.38. The van der Waals surface area contributed by atoms with Crippen molar-refractivity contribution in [2.75, 3.05) is 42.9 Å². The smallest absolute Gasteiger partial charge is 0.248 e. The number of nitrogens with one attached hydrogen (secondary N) is 1. The number of amides is 1. The molecule has 4 rings (SSSR count). The van der Waals surface area contributed by atoms with E-state index in [4.69, 9.17) is 9.72 Å². The van der Waals surface area contributed by atoms with E-state index in [1.54, 1.807) is 12.2 Å². The number of carbonyl (C=O) groups is 1. The number of nitrogens with zero attached hydrogens (tertiary/aromatic N) is 3. The summed E-state index contributed by atoms with van der Waals surface area (Å²) in [5, 5.41) is 4.02. The Morgan fingerprint density at radius 1 is 1.09 bits per heavy atom. The molecule has 2 aromatic carbocycles. The Morgan fingerprint density at radius 3 is 2.50 bits per heavy atom. The van der Waals surface area contributed by atoms with Crippen LogP contribution in [0.1, 0.15) is 31.9 Å². The molecular formula is C28H34N4O2. The summed E-state index contributed by atoms with van der Waals surface area (Å²) in [6.45, 7) is 13.6. The minimum Gasteiger partial charge on any atom is -0.491 e. The first-order valence-corrected chi connectivity index (χ1v) is 12.1. The second kappa shape index (κ2) is 10.7. The van der Waals surface area contributed by atoms with Crippen molar-refractivity contribution in [1.29, 1.82) is 0 Å². The first kappa shape index (κ1) is 23.8. The second-order valence-electron chi connectivity index (χ2n) is 9.01. The van der Waals surface area contributed by atoms with Gasteiger partial charge < -0.3 is 19.9 Å². The molecular weight excluding hydrogens is 424 g/mol.